The standard InChI is InChI=1S/C20H30N2O10S2/c1-19(2,3)30-17(24)13-10-9-11-14(16(13)33(8,26)27)34(28,29)21-32-15(23)12-22(7)18(25)31-20(4,5)6/h9-11,21H,12H2,1-8H3. The number of likely N-dealkylation sites (N-methyl/N-ethyl adjacent to an activating group) is 1. The molecule has 0 saturated heterocycles. The van der Waals surface area contributed by atoms with Gasteiger partial charge in [0.25, 0.3) is 10.0 Å². The zero-order chi connectivity index (χ0) is 26.7. The van der Waals surface area contributed by atoms with Crippen LogP contribution in [-0.2, 0) is 39.0 Å². The molecule has 34 heavy (non-hydrogen) atoms. The molecule has 1 N–H and O–H groups in total. The van der Waals surface area contributed by atoms with E-state index >= 15 is 0 Å². The van der Waals surface area contributed by atoms with Crippen molar-refractivity contribution in [3.05, 3.63) is 23.8 Å². The van der Waals surface area contributed by atoms with Crippen LogP contribution in [0.25, 0.3) is 0 Å². The van der Waals surface area contributed by atoms with Crippen LogP contribution in [0.2, 0.25) is 0 Å². The van der Waals surface area contributed by atoms with Crippen LogP contribution in [0.1, 0.15) is 51.9 Å². The molecule has 0 aliphatic heterocycles. The molecule has 14 heteroatoms. The summed E-state index contributed by atoms with van der Waals surface area (Å²) in [6.45, 7) is 8.86. The number of amides is 1. The third-order valence-corrected chi connectivity index (χ3v) is 6.13. The predicted octanol–water partition coefficient (Wildman–Crippen LogP) is 1.65. The number of hydrogen-bond acceptors (Lipinski definition) is 10. The van der Waals surface area contributed by atoms with Gasteiger partial charge in [-0.15, -0.1) is 0 Å². The number of carbonyl (C=O) groups is 3. The van der Waals surface area contributed by atoms with Crippen molar-refractivity contribution in [3.8, 4) is 0 Å². The number of ether oxygens (including phenoxy) is 2. The lowest BCUT2D eigenvalue weighted by Crippen LogP contribution is -2.39. The lowest BCUT2D eigenvalue weighted by molar-refractivity contribution is -0.148. The summed E-state index contributed by atoms with van der Waals surface area (Å²) in [5.74, 6) is -2.23. The topological polar surface area (TPSA) is 162 Å². The molecular weight excluding hydrogens is 492 g/mol. The van der Waals surface area contributed by atoms with E-state index in [-0.39, 0.29) is 0 Å². The molecule has 0 aliphatic carbocycles. The maximum atomic E-state index is 12.8. The number of esters is 1. The largest absolute Gasteiger partial charge is 0.456 e. The van der Waals surface area contributed by atoms with Crippen LogP contribution < -0.4 is 4.89 Å². The molecule has 0 saturated carbocycles. The summed E-state index contributed by atoms with van der Waals surface area (Å²) in [7, 11) is -7.80. The lowest BCUT2D eigenvalue weighted by Gasteiger charge is -2.24. The maximum absolute atomic E-state index is 12.8. The summed E-state index contributed by atoms with van der Waals surface area (Å²) in [6, 6.07) is 3.17. The van der Waals surface area contributed by atoms with Crippen molar-refractivity contribution >= 4 is 37.9 Å². The normalized spacial score (nSPS) is 12.6. The Morgan fingerprint density at radius 1 is 0.941 bits per heavy atom. The van der Waals surface area contributed by atoms with E-state index in [1.165, 1.54) is 11.9 Å². The molecule has 0 spiro atoms. The summed E-state index contributed by atoms with van der Waals surface area (Å²) in [5, 5.41) is 0. The van der Waals surface area contributed by atoms with Crippen molar-refractivity contribution in [1.82, 2.24) is 9.79 Å². The van der Waals surface area contributed by atoms with Gasteiger partial charge in [0.05, 0.1) is 5.56 Å². The van der Waals surface area contributed by atoms with Crippen molar-refractivity contribution in [2.24, 2.45) is 0 Å². The zero-order valence-corrected chi connectivity index (χ0v) is 21.9. The average molecular weight is 523 g/mol. The zero-order valence-electron chi connectivity index (χ0n) is 20.3. The maximum Gasteiger partial charge on any atom is 0.410 e. The minimum Gasteiger partial charge on any atom is -0.456 e. The SMILES string of the molecule is CN(CC(=O)ONS(=O)(=O)c1cccc(C(=O)OC(C)(C)C)c1S(C)(=O)=O)C(=O)OC(C)(C)C. The third kappa shape index (κ3) is 8.91. The van der Waals surface area contributed by atoms with E-state index in [2.05, 4.69) is 4.84 Å². The predicted molar refractivity (Wildman–Crippen MR) is 120 cm³/mol. The van der Waals surface area contributed by atoms with Crippen molar-refractivity contribution in [2.75, 3.05) is 19.8 Å². The number of sulfone groups is 1. The number of hydrogen-bond donors (Lipinski definition) is 1. The Kier molecular flexibility index (Phi) is 8.86. The van der Waals surface area contributed by atoms with Crippen molar-refractivity contribution < 1.29 is 45.5 Å². The average Bonchev–Trinajstić information content (AvgIpc) is 2.62. The van der Waals surface area contributed by atoms with Crippen molar-refractivity contribution in [3.63, 3.8) is 0 Å². The highest BCUT2D eigenvalue weighted by atomic mass is 32.2. The fourth-order valence-electron chi connectivity index (χ4n) is 2.38. The van der Waals surface area contributed by atoms with Crippen LogP contribution in [-0.4, -0.2) is 70.8 Å². The van der Waals surface area contributed by atoms with Gasteiger partial charge in [-0.1, -0.05) is 6.07 Å². The highest BCUT2D eigenvalue weighted by Gasteiger charge is 2.32. The Hall–Kier alpha value is -2.71. The first kappa shape index (κ1) is 29.3. The van der Waals surface area contributed by atoms with Gasteiger partial charge in [0.2, 0.25) is 0 Å². The molecule has 0 aliphatic rings. The molecule has 1 aromatic rings. The van der Waals surface area contributed by atoms with Gasteiger partial charge >= 0.3 is 18.0 Å². The molecule has 1 aromatic carbocycles. The van der Waals surface area contributed by atoms with E-state index in [0.717, 1.165) is 29.4 Å². The van der Waals surface area contributed by atoms with Crippen molar-refractivity contribution in [2.45, 2.75) is 62.5 Å². The first-order valence-corrected chi connectivity index (χ1v) is 13.2. The summed E-state index contributed by atoms with van der Waals surface area (Å²) < 4.78 is 60.6. The van der Waals surface area contributed by atoms with E-state index < -0.39 is 71.0 Å². The number of benzene rings is 1. The molecule has 0 fully saturated rings. The van der Waals surface area contributed by atoms with Crippen LogP contribution in [0.15, 0.2) is 28.0 Å². The van der Waals surface area contributed by atoms with Crippen LogP contribution in [0.3, 0.4) is 0 Å². The van der Waals surface area contributed by atoms with Gasteiger partial charge in [-0.05, 0) is 58.6 Å². The summed E-state index contributed by atoms with van der Waals surface area (Å²) in [5.41, 5.74) is -2.30. The molecule has 0 atom stereocenters. The fourth-order valence-corrected chi connectivity index (χ4v) is 5.05. The highest BCUT2D eigenvalue weighted by molar-refractivity contribution is 7.93. The number of sulfonamides is 1. The van der Waals surface area contributed by atoms with Crippen LogP contribution in [0.5, 0.6) is 0 Å². The van der Waals surface area contributed by atoms with E-state index in [1.807, 2.05) is 0 Å². The number of nitrogens with one attached hydrogen (secondary N) is 1. The second-order valence-corrected chi connectivity index (χ2v) is 12.9. The van der Waals surface area contributed by atoms with E-state index in [1.54, 1.807) is 41.5 Å². The Morgan fingerprint density at radius 3 is 1.94 bits per heavy atom. The Morgan fingerprint density at radius 2 is 1.47 bits per heavy atom. The van der Waals surface area contributed by atoms with Gasteiger partial charge in [0.1, 0.15) is 27.5 Å². The molecule has 192 valence electrons. The van der Waals surface area contributed by atoms with E-state index in [4.69, 9.17) is 9.47 Å². The Labute approximate surface area is 199 Å². The molecule has 0 aromatic heterocycles. The summed E-state index contributed by atoms with van der Waals surface area (Å²) in [6.07, 6.45) is -0.131. The fraction of sp³-hybridized carbons (Fsp3) is 0.550. The highest BCUT2D eigenvalue weighted by Crippen LogP contribution is 2.27. The summed E-state index contributed by atoms with van der Waals surface area (Å²) >= 11 is 0. The molecule has 1 amide bonds. The van der Waals surface area contributed by atoms with E-state index in [9.17, 15) is 31.2 Å². The smallest absolute Gasteiger partial charge is 0.410 e. The molecule has 1 rings (SSSR count). The molecule has 12 nitrogen and oxygen atoms in total. The van der Waals surface area contributed by atoms with Gasteiger partial charge in [-0.3, -0.25) is 0 Å². The van der Waals surface area contributed by atoms with Crippen molar-refractivity contribution in [1.29, 1.82) is 0 Å². The second-order valence-electron chi connectivity index (χ2n) is 9.30. The van der Waals surface area contributed by atoms with Gasteiger partial charge in [0, 0.05) is 13.3 Å². The Bertz CT molecular complexity index is 1160. The van der Waals surface area contributed by atoms with Gasteiger partial charge < -0.3 is 19.2 Å². The number of carbonyl (C=O) groups excluding carboxylic acids is 3. The first-order chi connectivity index (χ1) is 15.1. The van der Waals surface area contributed by atoms with Gasteiger partial charge in [0.15, 0.2) is 9.84 Å². The number of nitrogens with zero attached hydrogens (tertiary/aromatic N) is 1. The molecular formula is C20H30N2O10S2. The Balaban J connectivity index is 3.17. The first-order valence-electron chi connectivity index (χ1n) is 9.86. The molecule has 0 unspecified atom stereocenters. The van der Waals surface area contributed by atoms with Gasteiger partial charge in [-0.2, -0.15) is 0 Å². The summed E-state index contributed by atoms with van der Waals surface area (Å²) in [4.78, 5) is 41.7. The lowest BCUT2D eigenvalue weighted by atomic mass is 10.1. The molecule has 0 heterocycles. The van der Waals surface area contributed by atoms with Crippen LogP contribution >= 0.6 is 0 Å². The van der Waals surface area contributed by atoms with E-state index in [0.29, 0.717) is 0 Å². The monoisotopic (exact) mass is 522 g/mol. The minimum absolute atomic E-state index is 0.503. The van der Waals surface area contributed by atoms with Crippen LogP contribution in [0, 0.1) is 0 Å². The number of rotatable bonds is 7. The molecule has 0 bridgehead atoms. The molecule has 0 radical (unpaired) electrons. The third-order valence-electron chi connectivity index (χ3n) is 3.59. The van der Waals surface area contributed by atoms with Crippen LogP contribution in [0.4, 0.5) is 4.79 Å². The quantitative estimate of drug-likeness (QED) is 0.316. The van der Waals surface area contributed by atoms with Gasteiger partial charge in [-0.25, -0.2) is 31.2 Å². The second kappa shape index (κ2) is 10.3. The minimum atomic E-state index is -4.77.